The number of ether oxygens (including phenoxy) is 1. The number of methoxy groups -OCH3 is 1. The van der Waals surface area contributed by atoms with Crippen molar-refractivity contribution in [3.8, 4) is 0 Å². The summed E-state index contributed by atoms with van der Waals surface area (Å²) in [5.74, 6) is -0.716. The molecule has 2 amide bonds. The molecule has 0 aliphatic carbocycles. The fourth-order valence-electron chi connectivity index (χ4n) is 1.64. The first-order valence-electron chi connectivity index (χ1n) is 6.64. The highest BCUT2D eigenvalue weighted by Gasteiger charge is 2.36. The molecule has 1 rings (SSSR count). The van der Waals surface area contributed by atoms with Gasteiger partial charge in [-0.15, -0.1) is 0 Å². The third kappa shape index (κ3) is 4.72. The topological polar surface area (TPSA) is 67.4 Å². The molecule has 0 bridgehead atoms. The lowest BCUT2D eigenvalue weighted by Crippen LogP contribution is -2.46. The normalized spacial score (nSPS) is 11.1. The van der Waals surface area contributed by atoms with E-state index in [0.29, 0.717) is 23.9 Å². The lowest BCUT2D eigenvalue weighted by molar-refractivity contribution is -0.138. The average molecular weight is 313 g/mol. The van der Waals surface area contributed by atoms with Crippen LogP contribution in [-0.2, 0) is 14.3 Å². The highest BCUT2D eigenvalue weighted by Crippen LogP contribution is 2.23. The number of hydrogen-bond acceptors (Lipinski definition) is 3. The van der Waals surface area contributed by atoms with Crippen LogP contribution in [0.25, 0.3) is 0 Å². The van der Waals surface area contributed by atoms with Crippen LogP contribution in [0.15, 0.2) is 18.2 Å². The predicted molar refractivity (Wildman–Crippen MR) is 83.5 cm³/mol. The number of hydrogen-bond donors (Lipinski definition) is 2. The third-order valence-corrected chi connectivity index (χ3v) is 3.40. The van der Waals surface area contributed by atoms with Gasteiger partial charge in [0.05, 0.1) is 6.61 Å². The van der Waals surface area contributed by atoms with Crippen LogP contribution < -0.4 is 10.6 Å². The van der Waals surface area contributed by atoms with E-state index >= 15 is 0 Å². The minimum absolute atomic E-state index is 0.344. The van der Waals surface area contributed by atoms with Gasteiger partial charge in [0.25, 0.3) is 0 Å². The number of halogens is 1. The lowest BCUT2D eigenvalue weighted by atomic mass is 9.91. The van der Waals surface area contributed by atoms with Crippen LogP contribution in [0.3, 0.4) is 0 Å². The fraction of sp³-hybridized carbons (Fsp3) is 0.467. The van der Waals surface area contributed by atoms with Gasteiger partial charge in [-0.25, -0.2) is 0 Å². The molecule has 116 valence electrons. The van der Waals surface area contributed by atoms with Gasteiger partial charge in [-0.3, -0.25) is 9.59 Å². The summed E-state index contributed by atoms with van der Waals surface area (Å²) < 4.78 is 4.86. The van der Waals surface area contributed by atoms with Crippen LogP contribution in [0.4, 0.5) is 5.69 Å². The van der Waals surface area contributed by atoms with E-state index in [1.165, 1.54) is 0 Å². The van der Waals surface area contributed by atoms with Crippen molar-refractivity contribution in [1.82, 2.24) is 5.32 Å². The SMILES string of the molecule is COCCNC(=O)C(C)(C)C(=O)Nc1ccc(Cl)cc1C. The minimum atomic E-state index is -1.18. The summed E-state index contributed by atoms with van der Waals surface area (Å²) in [6, 6.07) is 5.16. The van der Waals surface area contributed by atoms with Gasteiger partial charge in [-0.1, -0.05) is 11.6 Å². The molecule has 2 N–H and O–H groups in total. The molecule has 0 fully saturated rings. The van der Waals surface area contributed by atoms with E-state index in [9.17, 15) is 9.59 Å². The van der Waals surface area contributed by atoms with E-state index in [4.69, 9.17) is 16.3 Å². The molecule has 0 aliphatic rings. The highest BCUT2D eigenvalue weighted by molar-refractivity contribution is 6.30. The molecule has 0 radical (unpaired) electrons. The molecular weight excluding hydrogens is 292 g/mol. The standard InChI is InChI=1S/C15H21ClN2O3/c1-10-9-11(16)5-6-12(10)18-14(20)15(2,3)13(19)17-7-8-21-4/h5-6,9H,7-8H2,1-4H3,(H,17,19)(H,18,20). The van der Waals surface area contributed by atoms with Crippen LogP contribution in [-0.4, -0.2) is 32.1 Å². The summed E-state index contributed by atoms with van der Waals surface area (Å²) in [7, 11) is 1.55. The Bertz CT molecular complexity index is 530. The quantitative estimate of drug-likeness (QED) is 0.626. The lowest BCUT2D eigenvalue weighted by Gasteiger charge is -2.23. The van der Waals surface area contributed by atoms with E-state index in [2.05, 4.69) is 10.6 Å². The Kier molecular flexibility index (Phi) is 6.18. The minimum Gasteiger partial charge on any atom is -0.383 e. The summed E-state index contributed by atoms with van der Waals surface area (Å²) in [5, 5.41) is 6.03. The zero-order valence-electron chi connectivity index (χ0n) is 12.7. The fourth-order valence-corrected chi connectivity index (χ4v) is 1.86. The molecular formula is C15H21ClN2O3. The molecule has 0 unspecified atom stereocenters. The number of carbonyl (C=O) groups excluding carboxylic acids is 2. The van der Waals surface area contributed by atoms with Crippen molar-refractivity contribution in [3.05, 3.63) is 28.8 Å². The first kappa shape index (κ1) is 17.5. The second-order valence-corrected chi connectivity index (χ2v) is 5.72. The first-order chi connectivity index (χ1) is 9.78. The number of amides is 2. The summed E-state index contributed by atoms with van der Waals surface area (Å²) in [5.41, 5.74) is 0.299. The van der Waals surface area contributed by atoms with E-state index in [1.807, 2.05) is 6.92 Å². The average Bonchev–Trinajstić information content (AvgIpc) is 2.41. The van der Waals surface area contributed by atoms with Gasteiger partial charge in [-0.05, 0) is 44.5 Å². The van der Waals surface area contributed by atoms with Gasteiger partial charge in [0, 0.05) is 24.4 Å². The Morgan fingerprint density at radius 2 is 1.95 bits per heavy atom. The van der Waals surface area contributed by atoms with Crippen molar-refractivity contribution in [3.63, 3.8) is 0 Å². The van der Waals surface area contributed by atoms with Gasteiger partial charge in [0.2, 0.25) is 11.8 Å². The molecule has 1 aromatic rings. The zero-order valence-corrected chi connectivity index (χ0v) is 13.5. The van der Waals surface area contributed by atoms with Crippen LogP contribution in [0.1, 0.15) is 19.4 Å². The molecule has 0 aliphatic heterocycles. The van der Waals surface area contributed by atoms with Gasteiger partial charge in [-0.2, -0.15) is 0 Å². The van der Waals surface area contributed by atoms with E-state index in [0.717, 1.165) is 5.56 Å². The van der Waals surface area contributed by atoms with Crippen molar-refractivity contribution in [1.29, 1.82) is 0 Å². The summed E-state index contributed by atoms with van der Waals surface area (Å²) >= 11 is 5.88. The molecule has 0 aromatic heterocycles. The van der Waals surface area contributed by atoms with Crippen molar-refractivity contribution in [2.24, 2.45) is 5.41 Å². The summed E-state index contributed by atoms with van der Waals surface area (Å²) in [4.78, 5) is 24.4. The second kappa shape index (κ2) is 7.43. The van der Waals surface area contributed by atoms with Gasteiger partial charge in [0.15, 0.2) is 0 Å². The Labute approximate surface area is 130 Å². The zero-order chi connectivity index (χ0) is 16.0. The molecule has 0 atom stereocenters. The Morgan fingerprint density at radius 3 is 2.52 bits per heavy atom. The molecule has 5 nitrogen and oxygen atoms in total. The monoisotopic (exact) mass is 312 g/mol. The molecule has 6 heteroatoms. The van der Waals surface area contributed by atoms with Gasteiger partial charge >= 0.3 is 0 Å². The predicted octanol–water partition coefficient (Wildman–Crippen LogP) is 2.38. The van der Waals surface area contributed by atoms with Crippen molar-refractivity contribution < 1.29 is 14.3 Å². The maximum absolute atomic E-state index is 12.3. The van der Waals surface area contributed by atoms with Gasteiger partial charge < -0.3 is 15.4 Å². The molecule has 0 saturated carbocycles. The maximum Gasteiger partial charge on any atom is 0.239 e. The Hall–Kier alpha value is -1.59. The Morgan fingerprint density at radius 1 is 1.29 bits per heavy atom. The van der Waals surface area contributed by atoms with E-state index in [-0.39, 0.29) is 11.8 Å². The molecule has 0 saturated heterocycles. The smallest absolute Gasteiger partial charge is 0.239 e. The van der Waals surface area contributed by atoms with Crippen LogP contribution in [0.5, 0.6) is 0 Å². The summed E-state index contributed by atoms with van der Waals surface area (Å²) in [6.45, 7) is 5.77. The van der Waals surface area contributed by atoms with Crippen LogP contribution in [0, 0.1) is 12.3 Å². The molecule has 0 spiro atoms. The molecule has 1 aromatic carbocycles. The third-order valence-electron chi connectivity index (χ3n) is 3.16. The van der Waals surface area contributed by atoms with Crippen molar-refractivity contribution in [2.45, 2.75) is 20.8 Å². The molecule has 21 heavy (non-hydrogen) atoms. The molecule has 0 heterocycles. The first-order valence-corrected chi connectivity index (χ1v) is 7.01. The number of rotatable bonds is 6. The van der Waals surface area contributed by atoms with Crippen LogP contribution >= 0.6 is 11.6 Å². The number of aryl methyl sites for hydroxylation is 1. The summed E-state index contributed by atoms with van der Waals surface area (Å²) in [6.07, 6.45) is 0. The van der Waals surface area contributed by atoms with Crippen molar-refractivity contribution in [2.75, 3.05) is 25.6 Å². The number of benzene rings is 1. The number of nitrogens with one attached hydrogen (secondary N) is 2. The second-order valence-electron chi connectivity index (χ2n) is 5.29. The maximum atomic E-state index is 12.3. The highest BCUT2D eigenvalue weighted by atomic mass is 35.5. The van der Waals surface area contributed by atoms with Crippen molar-refractivity contribution >= 4 is 29.1 Å². The van der Waals surface area contributed by atoms with E-state index < -0.39 is 5.41 Å². The number of anilines is 1. The van der Waals surface area contributed by atoms with Crippen LogP contribution in [0.2, 0.25) is 5.02 Å². The Balaban J connectivity index is 2.74. The number of carbonyl (C=O) groups is 2. The van der Waals surface area contributed by atoms with E-state index in [1.54, 1.807) is 39.2 Å². The largest absolute Gasteiger partial charge is 0.383 e. The van der Waals surface area contributed by atoms with Gasteiger partial charge in [0.1, 0.15) is 5.41 Å².